The van der Waals surface area contributed by atoms with Gasteiger partial charge in [-0.05, 0) is 0 Å². The zero-order chi connectivity index (χ0) is 9.68. The Kier molecular flexibility index (Phi) is 3.03. The van der Waals surface area contributed by atoms with Gasteiger partial charge in [0.2, 0.25) is 5.95 Å². The smallest absolute Gasteiger partial charge is 0.224 e. The predicted octanol–water partition coefficient (Wildman–Crippen LogP) is 0.633. The van der Waals surface area contributed by atoms with Gasteiger partial charge >= 0.3 is 0 Å². The van der Waals surface area contributed by atoms with Gasteiger partial charge in [0, 0.05) is 13.0 Å². The number of aromatic nitrogens is 2. The summed E-state index contributed by atoms with van der Waals surface area (Å²) in [6.07, 6.45) is 6.60. The largest absolute Gasteiger partial charge is 0.381 e. The van der Waals surface area contributed by atoms with Crippen LogP contribution < -0.4 is 11.1 Å². The lowest BCUT2D eigenvalue weighted by Crippen LogP contribution is -2.07. The van der Waals surface area contributed by atoms with E-state index in [0.29, 0.717) is 13.0 Å². The van der Waals surface area contributed by atoms with Crippen LogP contribution in [0.1, 0.15) is 6.42 Å². The summed E-state index contributed by atoms with van der Waals surface area (Å²) in [6.45, 7) is 0.543. The number of anilines is 2. The molecule has 1 aromatic rings. The van der Waals surface area contributed by atoms with Gasteiger partial charge < -0.3 is 11.1 Å². The minimum Gasteiger partial charge on any atom is -0.381 e. The summed E-state index contributed by atoms with van der Waals surface area (Å²) in [4.78, 5) is 7.32. The van der Waals surface area contributed by atoms with E-state index in [1.54, 1.807) is 0 Å². The van der Waals surface area contributed by atoms with Crippen molar-refractivity contribution in [2.75, 3.05) is 17.6 Å². The molecule has 0 aromatic carbocycles. The Morgan fingerprint density at radius 1 is 1.69 bits per heavy atom. The fourth-order valence-electron chi connectivity index (χ4n) is 0.712. The van der Waals surface area contributed by atoms with Crippen molar-refractivity contribution in [3.8, 4) is 12.3 Å². The van der Waals surface area contributed by atoms with Crippen LogP contribution in [0.4, 0.5) is 16.2 Å². The van der Waals surface area contributed by atoms with E-state index >= 15 is 0 Å². The molecule has 13 heavy (non-hydrogen) atoms. The third-order valence-corrected chi connectivity index (χ3v) is 1.32. The zero-order valence-corrected chi connectivity index (χ0v) is 6.92. The molecule has 0 atom stereocenters. The van der Waals surface area contributed by atoms with Gasteiger partial charge in [0.1, 0.15) is 0 Å². The van der Waals surface area contributed by atoms with Crippen LogP contribution in [-0.2, 0) is 0 Å². The Labute approximate surface area is 75.4 Å². The average molecular weight is 180 g/mol. The first kappa shape index (κ1) is 9.26. The van der Waals surface area contributed by atoms with Gasteiger partial charge in [-0.15, -0.1) is 12.3 Å². The van der Waals surface area contributed by atoms with Crippen LogP contribution in [0, 0.1) is 18.2 Å². The summed E-state index contributed by atoms with van der Waals surface area (Å²) in [6, 6.07) is 0. The lowest BCUT2D eigenvalue weighted by molar-refractivity contribution is 0.620. The van der Waals surface area contributed by atoms with Crippen LogP contribution in [0.3, 0.4) is 0 Å². The normalized spacial score (nSPS) is 9.23. The lowest BCUT2D eigenvalue weighted by Gasteiger charge is -2.02. The van der Waals surface area contributed by atoms with Gasteiger partial charge in [-0.1, -0.05) is 0 Å². The van der Waals surface area contributed by atoms with Gasteiger partial charge in [-0.25, -0.2) is 9.37 Å². The Hall–Kier alpha value is -1.83. The maximum Gasteiger partial charge on any atom is 0.224 e. The molecule has 3 N–H and O–H groups in total. The molecule has 0 bridgehead atoms. The Balaban J connectivity index is 2.59. The molecule has 1 rings (SSSR count). The fraction of sp³-hybridized carbons (Fsp3) is 0.250. The molecule has 0 fully saturated rings. The highest BCUT2D eigenvalue weighted by molar-refractivity contribution is 5.36. The SMILES string of the molecule is C#CCCNc1ncc(F)c(N)n1. The number of nitrogens with one attached hydrogen (secondary N) is 1. The highest BCUT2D eigenvalue weighted by Gasteiger charge is 2.01. The molecule has 1 aromatic heterocycles. The quantitative estimate of drug-likeness (QED) is 0.529. The highest BCUT2D eigenvalue weighted by Crippen LogP contribution is 2.06. The Bertz CT molecular complexity index is 331. The molecule has 0 radical (unpaired) electrons. The summed E-state index contributed by atoms with van der Waals surface area (Å²) in [5.41, 5.74) is 5.22. The maximum atomic E-state index is 12.6. The van der Waals surface area contributed by atoms with E-state index in [0.717, 1.165) is 6.20 Å². The van der Waals surface area contributed by atoms with Crippen molar-refractivity contribution in [2.24, 2.45) is 0 Å². The molecule has 5 heteroatoms. The summed E-state index contributed by atoms with van der Waals surface area (Å²) in [7, 11) is 0. The average Bonchev–Trinajstić information content (AvgIpc) is 2.12. The molecule has 0 saturated heterocycles. The third-order valence-electron chi connectivity index (χ3n) is 1.32. The topological polar surface area (TPSA) is 63.8 Å². The first-order valence-corrected chi connectivity index (χ1v) is 3.69. The van der Waals surface area contributed by atoms with Crippen molar-refractivity contribution < 1.29 is 4.39 Å². The van der Waals surface area contributed by atoms with Crippen molar-refractivity contribution in [2.45, 2.75) is 6.42 Å². The lowest BCUT2D eigenvalue weighted by atomic mass is 10.4. The highest BCUT2D eigenvalue weighted by atomic mass is 19.1. The number of nitrogens with two attached hydrogens (primary N) is 1. The zero-order valence-electron chi connectivity index (χ0n) is 6.92. The summed E-state index contributed by atoms with van der Waals surface area (Å²) in [5, 5.41) is 2.80. The molecule has 0 amide bonds. The van der Waals surface area contributed by atoms with Gasteiger partial charge in [0.15, 0.2) is 11.6 Å². The molecule has 68 valence electrons. The van der Waals surface area contributed by atoms with Gasteiger partial charge in [-0.3, -0.25) is 0 Å². The molecule has 0 saturated carbocycles. The van der Waals surface area contributed by atoms with Crippen molar-refractivity contribution in [1.82, 2.24) is 9.97 Å². The maximum absolute atomic E-state index is 12.6. The van der Waals surface area contributed by atoms with Crippen molar-refractivity contribution in [3.63, 3.8) is 0 Å². The van der Waals surface area contributed by atoms with E-state index < -0.39 is 5.82 Å². The van der Waals surface area contributed by atoms with Gasteiger partial charge in [0.05, 0.1) is 6.20 Å². The van der Waals surface area contributed by atoms with Crippen molar-refractivity contribution >= 4 is 11.8 Å². The summed E-state index contributed by atoms with van der Waals surface area (Å²) in [5.74, 6) is 1.94. The molecule has 0 aliphatic rings. The van der Waals surface area contributed by atoms with E-state index in [2.05, 4.69) is 21.2 Å². The molecule has 0 aliphatic heterocycles. The molecule has 0 spiro atoms. The second kappa shape index (κ2) is 4.26. The summed E-state index contributed by atoms with van der Waals surface area (Å²) < 4.78 is 12.6. The van der Waals surface area contributed by atoms with E-state index in [9.17, 15) is 4.39 Å². The first-order chi connectivity index (χ1) is 6.24. The number of halogens is 1. The van der Waals surface area contributed by atoms with E-state index in [1.807, 2.05) is 0 Å². The predicted molar refractivity (Wildman–Crippen MR) is 48.3 cm³/mol. The van der Waals surface area contributed by atoms with E-state index in [4.69, 9.17) is 12.2 Å². The first-order valence-electron chi connectivity index (χ1n) is 3.69. The minimum atomic E-state index is -0.623. The monoisotopic (exact) mass is 180 g/mol. The second-order valence-corrected chi connectivity index (χ2v) is 2.31. The summed E-state index contributed by atoms with van der Waals surface area (Å²) >= 11 is 0. The number of nitrogen functional groups attached to an aromatic ring is 1. The molecule has 4 nitrogen and oxygen atoms in total. The van der Waals surface area contributed by atoms with E-state index in [1.165, 1.54) is 0 Å². The van der Waals surface area contributed by atoms with E-state index in [-0.39, 0.29) is 11.8 Å². The molecule has 0 unspecified atom stereocenters. The molecule has 0 aliphatic carbocycles. The third kappa shape index (κ3) is 2.60. The number of hydrogen-bond donors (Lipinski definition) is 2. The van der Waals surface area contributed by atoms with Crippen LogP contribution >= 0.6 is 0 Å². The van der Waals surface area contributed by atoms with Crippen LogP contribution in [-0.4, -0.2) is 16.5 Å². The Morgan fingerprint density at radius 3 is 3.08 bits per heavy atom. The van der Waals surface area contributed by atoms with Crippen LogP contribution in [0.25, 0.3) is 0 Å². The molecule has 1 heterocycles. The van der Waals surface area contributed by atoms with Gasteiger partial charge in [0.25, 0.3) is 0 Å². The van der Waals surface area contributed by atoms with Crippen molar-refractivity contribution in [3.05, 3.63) is 12.0 Å². The minimum absolute atomic E-state index is 0.168. The van der Waals surface area contributed by atoms with Crippen LogP contribution in [0.5, 0.6) is 0 Å². The number of hydrogen-bond acceptors (Lipinski definition) is 4. The second-order valence-electron chi connectivity index (χ2n) is 2.31. The molecular formula is C8H9FN4. The number of terminal acetylenes is 1. The molecular weight excluding hydrogens is 171 g/mol. The van der Waals surface area contributed by atoms with Gasteiger partial charge in [-0.2, -0.15) is 4.98 Å². The number of nitrogens with zero attached hydrogens (tertiary/aromatic N) is 2. The van der Waals surface area contributed by atoms with Crippen molar-refractivity contribution in [1.29, 1.82) is 0 Å². The standard InChI is InChI=1S/C8H9FN4/c1-2-3-4-11-8-12-5-6(9)7(10)13-8/h1,5H,3-4H2,(H3,10,11,12,13). The fourth-order valence-corrected chi connectivity index (χ4v) is 0.712. The van der Waals surface area contributed by atoms with Crippen LogP contribution in [0.2, 0.25) is 0 Å². The van der Waals surface area contributed by atoms with Crippen LogP contribution in [0.15, 0.2) is 6.20 Å². The number of rotatable bonds is 3. The Morgan fingerprint density at radius 2 is 2.46 bits per heavy atom.